The Balaban J connectivity index is 3.05. The Bertz CT molecular complexity index is 369. The lowest BCUT2D eigenvalue weighted by molar-refractivity contribution is 0.646. The van der Waals surface area contributed by atoms with Crippen LogP contribution < -0.4 is 0 Å². The third kappa shape index (κ3) is 3.09. The molecule has 0 heterocycles. The van der Waals surface area contributed by atoms with Crippen LogP contribution in [0.5, 0.6) is 0 Å². The van der Waals surface area contributed by atoms with E-state index in [0.29, 0.717) is 11.8 Å². The van der Waals surface area contributed by atoms with E-state index < -0.39 is 0 Å². The normalized spacial score (nSPS) is 10.7. The van der Waals surface area contributed by atoms with Crippen molar-refractivity contribution in [3.63, 3.8) is 0 Å². The van der Waals surface area contributed by atoms with Crippen LogP contribution in [0, 0.1) is 17.2 Å². The third-order valence-corrected chi connectivity index (χ3v) is 2.55. The SMILES string of the molecule is CC(C)Cc1ccc(C(C)C)cc1C#N. The van der Waals surface area contributed by atoms with E-state index in [2.05, 4.69) is 45.9 Å². The van der Waals surface area contributed by atoms with Gasteiger partial charge in [0.05, 0.1) is 11.6 Å². The first-order valence-corrected chi connectivity index (χ1v) is 5.57. The molecule has 1 rings (SSSR count). The Hall–Kier alpha value is -1.29. The lowest BCUT2D eigenvalue weighted by Gasteiger charge is -2.10. The molecule has 0 aliphatic heterocycles. The molecule has 0 spiro atoms. The summed E-state index contributed by atoms with van der Waals surface area (Å²) in [6, 6.07) is 8.57. The fourth-order valence-electron chi connectivity index (χ4n) is 1.68. The summed E-state index contributed by atoms with van der Waals surface area (Å²) < 4.78 is 0. The van der Waals surface area contributed by atoms with E-state index in [0.717, 1.165) is 12.0 Å². The second-order valence-corrected chi connectivity index (χ2v) is 4.78. The van der Waals surface area contributed by atoms with Crippen LogP contribution in [0.3, 0.4) is 0 Å². The van der Waals surface area contributed by atoms with Crippen LogP contribution >= 0.6 is 0 Å². The molecule has 0 aliphatic rings. The van der Waals surface area contributed by atoms with Gasteiger partial charge in [-0.3, -0.25) is 0 Å². The van der Waals surface area contributed by atoms with E-state index in [1.807, 2.05) is 6.07 Å². The summed E-state index contributed by atoms with van der Waals surface area (Å²) in [5, 5.41) is 9.09. The van der Waals surface area contributed by atoms with Gasteiger partial charge < -0.3 is 0 Å². The molecule has 1 aromatic carbocycles. The van der Waals surface area contributed by atoms with Gasteiger partial charge in [-0.25, -0.2) is 0 Å². The van der Waals surface area contributed by atoms with E-state index in [-0.39, 0.29) is 0 Å². The number of benzene rings is 1. The summed E-state index contributed by atoms with van der Waals surface area (Å²) in [5.74, 6) is 1.09. The van der Waals surface area contributed by atoms with Crippen molar-refractivity contribution in [1.82, 2.24) is 0 Å². The van der Waals surface area contributed by atoms with Gasteiger partial charge in [0, 0.05) is 0 Å². The molecule has 0 amide bonds. The molecule has 0 saturated heterocycles. The van der Waals surface area contributed by atoms with Crippen LogP contribution in [0.2, 0.25) is 0 Å². The maximum Gasteiger partial charge on any atom is 0.0994 e. The van der Waals surface area contributed by atoms with Gasteiger partial charge in [0.15, 0.2) is 0 Å². The molecule has 15 heavy (non-hydrogen) atoms. The highest BCUT2D eigenvalue weighted by Crippen LogP contribution is 2.20. The molecule has 0 atom stereocenters. The molecule has 1 heteroatoms. The molecule has 0 radical (unpaired) electrons. The fraction of sp³-hybridized carbons (Fsp3) is 0.500. The van der Waals surface area contributed by atoms with Crippen LogP contribution in [-0.4, -0.2) is 0 Å². The predicted octanol–water partition coefficient (Wildman–Crippen LogP) is 3.88. The van der Waals surface area contributed by atoms with Crippen LogP contribution in [0.15, 0.2) is 18.2 Å². The van der Waals surface area contributed by atoms with Gasteiger partial charge in [-0.1, -0.05) is 39.8 Å². The summed E-state index contributed by atoms with van der Waals surface area (Å²) in [4.78, 5) is 0. The van der Waals surface area contributed by atoms with Gasteiger partial charge in [0.2, 0.25) is 0 Å². The molecule has 1 aromatic rings. The highest BCUT2D eigenvalue weighted by Gasteiger charge is 2.07. The van der Waals surface area contributed by atoms with Crippen molar-refractivity contribution in [3.8, 4) is 6.07 Å². The molecular weight excluding hydrogens is 182 g/mol. The standard InChI is InChI=1S/C14H19N/c1-10(2)7-13-6-5-12(11(3)4)8-14(13)9-15/h5-6,8,10-11H,7H2,1-4H3. The second-order valence-electron chi connectivity index (χ2n) is 4.78. The first-order valence-electron chi connectivity index (χ1n) is 5.57. The maximum atomic E-state index is 9.09. The Kier molecular flexibility index (Phi) is 3.91. The average Bonchev–Trinajstić information content (AvgIpc) is 2.17. The highest BCUT2D eigenvalue weighted by atomic mass is 14.2. The van der Waals surface area contributed by atoms with Crippen LogP contribution in [-0.2, 0) is 6.42 Å². The lowest BCUT2D eigenvalue weighted by Crippen LogP contribution is -1.99. The summed E-state index contributed by atoms with van der Waals surface area (Å²) in [7, 11) is 0. The van der Waals surface area contributed by atoms with Gasteiger partial charge in [0.1, 0.15) is 0 Å². The van der Waals surface area contributed by atoms with Crippen LogP contribution in [0.1, 0.15) is 50.3 Å². The molecular formula is C14H19N. The second kappa shape index (κ2) is 4.98. The first kappa shape index (κ1) is 11.8. The van der Waals surface area contributed by atoms with Crippen molar-refractivity contribution in [1.29, 1.82) is 5.26 Å². The fourth-order valence-corrected chi connectivity index (χ4v) is 1.68. The monoisotopic (exact) mass is 201 g/mol. The largest absolute Gasteiger partial charge is 0.192 e. The van der Waals surface area contributed by atoms with Gasteiger partial charge in [-0.05, 0) is 35.4 Å². The van der Waals surface area contributed by atoms with E-state index in [1.54, 1.807) is 0 Å². The van der Waals surface area contributed by atoms with Gasteiger partial charge in [-0.15, -0.1) is 0 Å². The molecule has 0 bridgehead atoms. The van der Waals surface area contributed by atoms with Crippen molar-refractivity contribution in [3.05, 3.63) is 34.9 Å². The topological polar surface area (TPSA) is 23.8 Å². The van der Waals surface area contributed by atoms with E-state index in [9.17, 15) is 0 Å². The minimum atomic E-state index is 0.491. The summed E-state index contributed by atoms with van der Waals surface area (Å²) in [5.41, 5.74) is 3.27. The highest BCUT2D eigenvalue weighted by molar-refractivity contribution is 5.41. The molecule has 0 unspecified atom stereocenters. The van der Waals surface area contributed by atoms with E-state index >= 15 is 0 Å². The Morgan fingerprint density at radius 1 is 1.20 bits per heavy atom. The minimum absolute atomic E-state index is 0.491. The summed E-state index contributed by atoms with van der Waals surface area (Å²) in [6.45, 7) is 8.66. The Labute approximate surface area is 92.7 Å². The quantitative estimate of drug-likeness (QED) is 0.728. The van der Waals surface area contributed by atoms with Crippen molar-refractivity contribution in [2.24, 2.45) is 5.92 Å². The van der Waals surface area contributed by atoms with E-state index in [1.165, 1.54) is 11.1 Å². The lowest BCUT2D eigenvalue weighted by atomic mass is 9.93. The van der Waals surface area contributed by atoms with Gasteiger partial charge in [0.25, 0.3) is 0 Å². The zero-order valence-corrected chi connectivity index (χ0v) is 10.0. The van der Waals surface area contributed by atoms with Gasteiger partial charge in [-0.2, -0.15) is 5.26 Å². The van der Waals surface area contributed by atoms with E-state index in [4.69, 9.17) is 5.26 Å². The maximum absolute atomic E-state index is 9.09. The first-order chi connectivity index (χ1) is 7.04. The molecule has 80 valence electrons. The molecule has 0 N–H and O–H groups in total. The average molecular weight is 201 g/mol. The van der Waals surface area contributed by atoms with Crippen molar-refractivity contribution < 1.29 is 0 Å². The van der Waals surface area contributed by atoms with Crippen LogP contribution in [0.4, 0.5) is 0 Å². The van der Waals surface area contributed by atoms with Crippen molar-refractivity contribution >= 4 is 0 Å². The molecule has 1 nitrogen and oxygen atoms in total. The number of nitrogens with zero attached hydrogens (tertiary/aromatic N) is 1. The van der Waals surface area contributed by atoms with Crippen molar-refractivity contribution in [2.45, 2.75) is 40.0 Å². The predicted molar refractivity (Wildman–Crippen MR) is 63.8 cm³/mol. The Morgan fingerprint density at radius 2 is 1.87 bits per heavy atom. The number of rotatable bonds is 3. The van der Waals surface area contributed by atoms with Gasteiger partial charge >= 0.3 is 0 Å². The zero-order valence-electron chi connectivity index (χ0n) is 10.0. The minimum Gasteiger partial charge on any atom is -0.192 e. The smallest absolute Gasteiger partial charge is 0.0994 e. The van der Waals surface area contributed by atoms with Crippen molar-refractivity contribution in [2.75, 3.05) is 0 Å². The molecule has 0 fully saturated rings. The number of nitriles is 1. The molecule has 0 aliphatic carbocycles. The Morgan fingerprint density at radius 3 is 2.33 bits per heavy atom. The number of hydrogen-bond acceptors (Lipinski definition) is 1. The zero-order chi connectivity index (χ0) is 11.4. The summed E-state index contributed by atoms with van der Waals surface area (Å²) >= 11 is 0. The molecule has 0 aromatic heterocycles. The van der Waals surface area contributed by atoms with Crippen LogP contribution in [0.25, 0.3) is 0 Å². The molecule has 0 saturated carbocycles. The summed E-state index contributed by atoms with van der Waals surface area (Å²) in [6.07, 6.45) is 0.987. The number of hydrogen-bond donors (Lipinski definition) is 0. The third-order valence-electron chi connectivity index (χ3n) is 2.55.